The fourth-order valence-corrected chi connectivity index (χ4v) is 5.36. The minimum absolute atomic E-state index is 0.202. The van der Waals surface area contributed by atoms with Gasteiger partial charge in [0.05, 0.1) is 11.8 Å². The molecule has 3 aromatic rings. The number of nitrogens with zero attached hydrogens (tertiary/aromatic N) is 4. The highest BCUT2D eigenvalue weighted by molar-refractivity contribution is 6.04. The third-order valence-corrected chi connectivity index (χ3v) is 7.11. The van der Waals surface area contributed by atoms with Gasteiger partial charge < -0.3 is 19.8 Å². The van der Waals surface area contributed by atoms with Gasteiger partial charge in [0.15, 0.2) is 0 Å². The first-order chi connectivity index (χ1) is 18.4. The van der Waals surface area contributed by atoms with Gasteiger partial charge in [-0.15, -0.1) is 10.2 Å². The van der Waals surface area contributed by atoms with Gasteiger partial charge in [0.25, 0.3) is 11.5 Å². The van der Waals surface area contributed by atoms with Gasteiger partial charge in [-0.25, -0.2) is 0 Å². The molecule has 0 atom stereocenters. The van der Waals surface area contributed by atoms with E-state index in [0.29, 0.717) is 36.2 Å². The average Bonchev–Trinajstić information content (AvgIpc) is 3.27. The Morgan fingerprint density at radius 2 is 1.97 bits per heavy atom. The van der Waals surface area contributed by atoms with Crippen LogP contribution in [-0.4, -0.2) is 38.0 Å². The van der Waals surface area contributed by atoms with Crippen LogP contribution < -0.4 is 16.2 Å². The standard InChI is InChI=1S/C28H35F3N6O2/c1-18(2)14-32-15-20-10-23(25(39)37(16-20)9-8-28(29,30)31)24(38)34-22-7-5-6-21(11-22)27(12-19(3)13-27)26-35-33-17-36(26)4/h5-7,10-11,16-19,32H,8-9,12-15H2,1-4H3,(H,34,38). The molecule has 1 aromatic carbocycles. The van der Waals surface area contributed by atoms with E-state index in [-0.39, 0.29) is 11.0 Å². The van der Waals surface area contributed by atoms with E-state index >= 15 is 0 Å². The molecule has 2 heterocycles. The molecule has 1 aliphatic rings. The van der Waals surface area contributed by atoms with Crippen molar-refractivity contribution in [2.45, 2.75) is 64.7 Å². The number of aryl methyl sites for hydroxylation is 2. The number of nitrogens with one attached hydrogen (secondary N) is 2. The maximum Gasteiger partial charge on any atom is 0.390 e. The number of rotatable bonds is 10. The highest BCUT2D eigenvalue weighted by Crippen LogP contribution is 2.51. The van der Waals surface area contributed by atoms with Crippen molar-refractivity contribution in [1.29, 1.82) is 0 Å². The van der Waals surface area contributed by atoms with Crippen LogP contribution in [0.2, 0.25) is 0 Å². The number of halogens is 3. The number of anilines is 1. The summed E-state index contributed by atoms with van der Waals surface area (Å²) in [6.45, 7) is 6.67. The Morgan fingerprint density at radius 1 is 1.23 bits per heavy atom. The van der Waals surface area contributed by atoms with E-state index < -0.39 is 30.6 Å². The maximum absolute atomic E-state index is 13.3. The third kappa shape index (κ3) is 6.58. The molecular weight excluding hydrogens is 509 g/mol. The molecule has 0 radical (unpaired) electrons. The maximum atomic E-state index is 13.3. The largest absolute Gasteiger partial charge is 0.390 e. The van der Waals surface area contributed by atoms with E-state index in [4.69, 9.17) is 0 Å². The second-order valence-electron chi connectivity index (χ2n) is 11.0. The van der Waals surface area contributed by atoms with Crippen molar-refractivity contribution in [3.63, 3.8) is 0 Å². The quantitative estimate of drug-likeness (QED) is 0.388. The monoisotopic (exact) mass is 544 g/mol. The van der Waals surface area contributed by atoms with Gasteiger partial charge in [-0.2, -0.15) is 13.2 Å². The molecule has 11 heteroatoms. The van der Waals surface area contributed by atoms with Crippen LogP contribution in [-0.2, 0) is 25.6 Å². The van der Waals surface area contributed by atoms with Crippen LogP contribution in [0, 0.1) is 11.8 Å². The number of benzene rings is 1. The van der Waals surface area contributed by atoms with Crippen LogP contribution in [0.15, 0.2) is 47.7 Å². The number of carbonyl (C=O) groups is 1. The fraction of sp³-hybridized carbons (Fsp3) is 0.500. The molecule has 2 aromatic heterocycles. The van der Waals surface area contributed by atoms with E-state index in [1.165, 1.54) is 12.3 Å². The van der Waals surface area contributed by atoms with E-state index in [2.05, 4.69) is 27.8 Å². The summed E-state index contributed by atoms with van der Waals surface area (Å²) in [6.07, 6.45) is -0.772. The average molecular weight is 545 g/mol. The van der Waals surface area contributed by atoms with Crippen molar-refractivity contribution >= 4 is 11.6 Å². The van der Waals surface area contributed by atoms with Gasteiger partial charge in [-0.1, -0.05) is 32.9 Å². The summed E-state index contributed by atoms with van der Waals surface area (Å²) in [4.78, 5) is 26.4. The molecule has 1 fully saturated rings. The fourth-order valence-electron chi connectivity index (χ4n) is 5.36. The lowest BCUT2D eigenvalue weighted by Gasteiger charge is -2.46. The number of hydrogen-bond acceptors (Lipinski definition) is 5. The number of aromatic nitrogens is 4. The second-order valence-corrected chi connectivity index (χ2v) is 11.0. The summed E-state index contributed by atoms with van der Waals surface area (Å²) in [7, 11) is 1.90. The van der Waals surface area contributed by atoms with E-state index in [9.17, 15) is 22.8 Å². The van der Waals surface area contributed by atoms with Crippen molar-refractivity contribution in [3.8, 4) is 0 Å². The Hall–Kier alpha value is -3.47. The first-order valence-corrected chi connectivity index (χ1v) is 13.1. The molecule has 39 heavy (non-hydrogen) atoms. The zero-order valence-electron chi connectivity index (χ0n) is 22.7. The molecule has 0 aliphatic heterocycles. The zero-order valence-corrected chi connectivity index (χ0v) is 22.7. The third-order valence-electron chi connectivity index (χ3n) is 7.11. The predicted octanol–water partition coefficient (Wildman–Crippen LogP) is 4.64. The molecule has 2 N–H and O–H groups in total. The summed E-state index contributed by atoms with van der Waals surface area (Å²) in [5.41, 5.74) is 0.723. The molecule has 0 spiro atoms. The first-order valence-electron chi connectivity index (χ1n) is 13.1. The molecule has 1 amide bonds. The lowest BCUT2D eigenvalue weighted by molar-refractivity contribution is -0.136. The Kier molecular flexibility index (Phi) is 8.29. The topological polar surface area (TPSA) is 93.8 Å². The number of amides is 1. The Balaban J connectivity index is 1.62. The van der Waals surface area contributed by atoms with Crippen LogP contribution in [0.1, 0.15) is 67.3 Å². The predicted molar refractivity (Wildman–Crippen MR) is 142 cm³/mol. The summed E-state index contributed by atoms with van der Waals surface area (Å²) in [6, 6.07) is 8.87. The zero-order chi connectivity index (χ0) is 28.4. The molecule has 210 valence electrons. The summed E-state index contributed by atoms with van der Waals surface area (Å²) < 4.78 is 41.6. The molecule has 4 rings (SSSR count). The van der Waals surface area contributed by atoms with Crippen molar-refractivity contribution in [2.24, 2.45) is 18.9 Å². The first kappa shape index (κ1) is 28.5. The SMILES string of the molecule is CC(C)CNCc1cc(C(=O)Nc2cccc(C3(c4nncn4C)CC(C)C3)c2)c(=O)n(CCC(F)(F)F)c1. The van der Waals surface area contributed by atoms with Crippen LogP contribution in [0.5, 0.6) is 0 Å². The highest BCUT2D eigenvalue weighted by atomic mass is 19.4. The van der Waals surface area contributed by atoms with Crippen LogP contribution in [0.4, 0.5) is 18.9 Å². The normalized spacial score (nSPS) is 19.2. The van der Waals surface area contributed by atoms with Crippen LogP contribution in [0.3, 0.4) is 0 Å². The summed E-state index contributed by atoms with van der Waals surface area (Å²) in [5.74, 6) is 1.04. The highest BCUT2D eigenvalue weighted by Gasteiger charge is 2.48. The lowest BCUT2D eigenvalue weighted by atomic mass is 9.58. The Bertz CT molecular complexity index is 1370. The van der Waals surface area contributed by atoms with E-state index in [1.807, 2.05) is 43.7 Å². The van der Waals surface area contributed by atoms with Gasteiger partial charge in [0.2, 0.25) is 0 Å². The van der Waals surface area contributed by atoms with Gasteiger partial charge in [0.1, 0.15) is 17.7 Å². The molecule has 0 saturated heterocycles. The van der Waals surface area contributed by atoms with Crippen molar-refractivity contribution in [3.05, 3.63) is 75.7 Å². The van der Waals surface area contributed by atoms with Gasteiger partial charge >= 0.3 is 6.18 Å². The van der Waals surface area contributed by atoms with Gasteiger partial charge in [-0.05, 0) is 60.5 Å². The summed E-state index contributed by atoms with van der Waals surface area (Å²) in [5, 5.41) is 14.4. The number of pyridine rings is 1. The number of alkyl halides is 3. The smallest absolute Gasteiger partial charge is 0.322 e. The van der Waals surface area contributed by atoms with Crippen molar-refractivity contribution < 1.29 is 18.0 Å². The Labute approximate surface area is 225 Å². The number of carbonyl (C=O) groups excluding carboxylic acids is 1. The Morgan fingerprint density at radius 3 is 2.59 bits per heavy atom. The minimum Gasteiger partial charge on any atom is -0.322 e. The molecular formula is C28H35F3N6O2. The molecule has 1 aliphatic carbocycles. The van der Waals surface area contributed by atoms with Gasteiger partial charge in [0, 0.05) is 32.0 Å². The minimum atomic E-state index is -4.42. The molecule has 0 bridgehead atoms. The summed E-state index contributed by atoms with van der Waals surface area (Å²) >= 11 is 0. The van der Waals surface area contributed by atoms with Crippen molar-refractivity contribution in [1.82, 2.24) is 24.6 Å². The van der Waals surface area contributed by atoms with E-state index in [0.717, 1.165) is 28.8 Å². The van der Waals surface area contributed by atoms with E-state index in [1.54, 1.807) is 12.4 Å². The molecule has 1 saturated carbocycles. The van der Waals surface area contributed by atoms with Crippen molar-refractivity contribution in [2.75, 3.05) is 11.9 Å². The van der Waals surface area contributed by atoms with Gasteiger partial charge in [-0.3, -0.25) is 9.59 Å². The lowest BCUT2D eigenvalue weighted by Crippen LogP contribution is -2.43. The second kappa shape index (κ2) is 11.3. The molecule has 8 nitrogen and oxygen atoms in total. The van der Waals surface area contributed by atoms with Crippen LogP contribution >= 0.6 is 0 Å². The number of hydrogen-bond donors (Lipinski definition) is 2. The molecule has 0 unspecified atom stereocenters. The van der Waals surface area contributed by atoms with Crippen LogP contribution in [0.25, 0.3) is 0 Å².